The van der Waals surface area contributed by atoms with E-state index in [4.69, 9.17) is 9.72 Å². The van der Waals surface area contributed by atoms with E-state index in [0.717, 1.165) is 35.8 Å². The molecule has 1 N–H and O–H groups in total. The Kier molecular flexibility index (Phi) is 4.07. The fraction of sp³-hybridized carbons (Fsp3) is 0.182. The Hall–Kier alpha value is -3.18. The molecule has 3 heterocycles. The molecule has 5 heteroatoms. The van der Waals surface area contributed by atoms with Crippen LogP contribution < -0.4 is 0 Å². The summed E-state index contributed by atoms with van der Waals surface area (Å²) < 4.78 is 8.26. The van der Waals surface area contributed by atoms with Gasteiger partial charge in [0.1, 0.15) is 11.8 Å². The average molecular weight is 356 g/mol. The first-order valence-corrected chi connectivity index (χ1v) is 9.20. The van der Waals surface area contributed by atoms with Crippen LogP contribution in [0.4, 0.5) is 0 Å². The van der Waals surface area contributed by atoms with Gasteiger partial charge < -0.3 is 14.3 Å². The van der Waals surface area contributed by atoms with Gasteiger partial charge in [0, 0.05) is 18.0 Å². The van der Waals surface area contributed by atoms with Gasteiger partial charge in [-0.3, -0.25) is 0 Å². The number of fused-ring (bicyclic) bond motifs is 1. The highest BCUT2D eigenvalue weighted by molar-refractivity contribution is 5.75. The molecule has 0 saturated carbocycles. The summed E-state index contributed by atoms with van der Waals surface area (Å²) >= 11 is 0. The number of H-pyrrole nitrogens is 1. The molecule has 5 nitrogen and oxygen atoms in total. The Balaban J connectivity index is 1.57. The zero-order valence-corrected chi connectivity index (χ0v) is 14.9. The monoisotopic (exact) mass is 356 g/mol. The van der Waals surface area contributed by atoms with E-state index in [9.17, 15) is 0 Å². The van der Waals surface area contributed by atoms with Gasteiger partial charge >= 0.3 is 0 Å². The van der Waals surface area contributed by atoms with E-state index < -0.39 is 0 Å². The summed E-state index contributed by atoms with van der Waals surface area (Å²) in [5.74, 6) is 0.815. The molecule has 0 aliphatic carbocycles. The highest BCUT2D eigenvalue weighted by Crippen LogP contribution is 2.33. The van der Waals surface area contributed by atoms with Crippen molar-refractivity contribution in [2.24, 2.45) is 0 Å². The lowest BCUT2D eigenvalue weighted by Gasteiger charge is -2.26. The molecule has 27 heavy (non-hydrogen) atoms. The van der Waals surface area contributed by atoms with Crippen molar-refractivity contribution >= 4 is 0 Å². The molecule has 4 aromatic rings. The molecule has 134 valence electrons. The van der Waals surface area contributed by atoms with Crippen LogP contribution in [0.1, 0.15) is 17.2 Å². The van der Waals surface area contributed by atoms with Gasteiger partial charge in [-0.1, -0.05) is 54.6 Å². The van der Waals surface area contributed by atoms with Crippen LogP contribution in [0, 0.1) is 0 Å². The molecule has 2 aromatic heterocycles. The number of hydrogen-bond donors (Lipinski definition) is 1. The van der Waals surface area contributed by atoms with Crippen LogP contribution >= 0.6 is 0 Å². The molecule has 0 spiro atoms. The largest absolute Gasteiger partial charge is 0.371 e. The molecule has 5 rings (SSSR count). The number of nitrogens with one attached hydrogen (secondary N) is 1. The lowest BCUT2D eigenvalue weighted by Crippen LogP contribution is -2.20. The number of nitrogens with zero attached hydrogens (tertiary/aromatic N) is 3. The van der Waals surface area contributed by atoms with Crippen LogP contribution in [0.25, 0.3) is 22.8 Å². The molecule has 0 fully saturated rings. The Bertz CT molecular complexity index is 1040. The van der Waals surface area contributed by atoms with Crippen molar-refractivity contribution in [3.63, 3.8) is 0 Å². The number of ether oxygens (including phenoxy) is 1. The molecule has 2 aromatic carbocycles. The molecule has 1 aliphatic rings. The van der Waals surface area contributed by atoms with Crippen LogP contribution in [0.5, 0.6) is 0 Å². The topological polar surface area (TPSA) is 55.7 Å². The number of aromatic amines is 1. The molecule has 0 radical (unpaired) electrons. The average Bonchev–Trinajstić information content (AvgIpc) is 3.38. The summed E-state index contributed by atoms with van der Waals surface area (Å²) in [7, 11) is 0. The van der Waals surface area contributed by atoms with Crippen LogP contribution in [-0.4, -0.2) is 26.1 Å². The van der Waals surface area contributed by atoms with Gasteiger partial charge in [0.25, 0.3) is 0 Å². The van der Waals surface area contributed by atoms with Gasteiger partial charge in [-0.2, -0.15) is 0 Å². The van der Waals surface area contributed by atoms with Gasteiger partial charge in [0.15, 0.2) is 5.82 Å². The lowest BCUT2D eigenvalue weighted by atomic mass is 9.97. The minimum absolute atomic E-state index is 0.0153. The Morgan fingerprint density at radius 1 is 1.04 bits per heavy atom. The fourth-order valence-corrected chi connectivity index (χ4v) is 3.78. The van der Waals surface area contributed by atoms with Crippen molar-refractivity contribution in [3.05, 3.63) is 84.4 Å². The predicted octanol–water partition coefficient (Wildman–Crippen LogP) is 4.25. The van der Waals surface area contributed by atoms with Crippen LogP contribution in [0.15, 0.2) is 73.3 Å². The third-order valence-corrected chi connectivity index (χ3v) is 5.06. The highest BCUT2D eigenvalue weighted by atomic mass is 16.5. The van der Waals surface area contributed by atoms with E-state index in [0.29, 0.717) is 6.54 Å². The number of hydrogen-bond acceptors (Lipinski definition) is 3. The first kappa shape index (κ1) is 16.0. The van der Waals surface area contributed by atoms with Crippen molar-refractivity contribution in [1.29, 1.82) is 0 Å². The number of imidazole rings is 2. The van der Waals surface area contributed by atoms with Crippen LogP contribution in [-0.2, 0) is 17.7 Å². The fourth-order valence-electron chi connectivity index (χ4n) is 3.78. The van der Waals surface area contributed by atoms with Gasteiger partial charge in [0.2, 0.25) is 0 Å². The second kappa shape index (κ2) is 6.85. The van der Waals surface area contributed by atoms with Gasteiger partial charge in [-0.05, 0) is 17.5 Å². The minimum Gasteiger partial charge on any atom is -0.371 e. The molecule has 0 unspecified atom stereocenters. The Morgan fingerprint density at radius 2 is 1.89 bits per heavy atom. The van der Waals surface area contributed by atoms with Gasteiger partial charge in [0.05, 0.1) is 25.2 Å². The van der Waals surface area contributed by atoms with E-state index in [1.165, 1.54) is 11.1 Å². The zero-order chi connectivity index (χ0) is 18.1. The first-order valence-electron chi connectivity index (χ1n) is 9.20. The Labute approximate surface area is 157 Å². The number of aromatic nitrogens is 4. The molecule has 1 atom stereocenters. The molecule has 0 bridgehead atoms. The number of rotatable bonds is 4. The van der Waals surface area contributed by atoms with E-state index in [1.54, 1.807) is 6.20 Å². The smallest absolute Gasteiger partial charge is 0.156 e. The summed E-state index contributed by atoms with van der Waals surface area (Å²) in [5, 5.41) is 0. The first-order chi connectivity index (χ1) is 13.4. The maximum Gasteiger partial charge on any atom is 0.156 e. The molecule has 0 amide bonds. The summed E-state index contributed by atoms with van der Waals surface area (Å²) in [4.78, 5) is 12.4. The third kappa shape index (κ3) is 2.96. The van der Waals surface area contributed by atoms with Crippen molar-refractivity contribution < 1.29 is 4.74 Å². The molecular formula is C22H20N4O. The van der Waals surface area contributed by atoms with Crippen molar-refractivity contribution in [2.45, 2.75) is 19.1 Å². The van der Waals surface area contributed by atoms with Crippen molar-refractivity contribution in [1.82, 2.24) is 19.5 Å². The van der Waals surface area contributed by atoms with Crippen LogP contribution in [0.3, 0.4) is 0 Å². The maximum atomic E-state index is 6.12. The summed E-state index contributed by atoms with van der Waals surface area (Å²) in [6.07, 6.45) is 6.49. The van der Waals surface area contributed by atoms with E-state index in [-0.39, 0.29) is 6.10 Å². The Morgan fingerprint density at radius 3 is 2.74 bits per heavy atom. The summed E-state index contributed by atoms with van der Waals surface area (Å²) in [5.41, 5.74) is 5.63. The standard InChI is InChI=1S/C22H20N4O/c1-2-7-17(8-3-1)20-21(22-23-11-12-24-22)26(15-25-20)14-19-18-9-5-4-6-16(18)10-13-27-19/h1-9,11-12,15,19H,10,13-14H2,(H,23,24)/t19-/m0/s1. The third-order valence-electron chi connectivity index (χ3n) is 5.06. The van der Waals surface area contributed by atoms with E-state index in [2.05, 4.69) is 50.9 Å². The van der Waals surface area contributed by atoms with Crippen molar-refractivity contribution in [3.8, 4) is 22.8 Å². The van der Waals surface area contributed by atoms with E-state index >= 15 is 0 Å². The number of benzene rings is 2. The minimum atomic E-state index is 0.0153. The van der Waals surface area contributed by atoms with Crippen molar-refractivity contribution in [2.75, 3.05) is 6.61 Å². The summed E-state index contributed by atoms with van der Waals surface area (Å²) in [6, 6.07) is 18.8. The normalized spacial score (nSPS) is 16.2. The predicted molar refractivity (Wildman–Crippen MR) is 104 cm³/mol. The molecule has 0 saturated heterocycles. The second-order valence-electron chi connectivity index (χ2n) is 6.71. The van der Waals surface area contributed by atoms with E-state index in [1.807, 2.05) is 30.7 Å². The SMILES string of the molecule is c1ccc(-c2ncn(C[C@@H]3OCCc4ccccc43)c2-c2ncc[nH]2)cc1. The lowest BCUT2D eigenvalue weighted by molar-refractivity contribution is 0.0308. The van der Waals surface area contributed by atoms with Crippen LogP contribution in [0.2, 0.25) is 0 Å². The highest BCUT2D eigenvalue weighted by Gasteiger charge is 2.24. The maximum absolute atomic E-state index is 6.12. The summed E-state index contributed by atoms with van der Waals surface area (Å²) in [6.45, 7) is 1.45. The zero-order valence-electron chi connectivity index (χ0n) is 14.9. The molecule has 1 aliphatic heterocycles. The van der Waals surface area contributed by atoms with Gasteiger partial charge in [-0.25, -0.2) is 9.97 Å². The van der Waals surface area contributed by atoms with Gasteiger partial charge in [-0.15, -0.1) is 0 Å². The molecular weight excluding hydrogens is 336 g/mol. The second-order valence-corrected chi connectivity index (χ2v) is 6.71. The quantitative estimate of drug-likeness (QED) is 0.595.